The summed E-state index contributed by atoms with van der Waals surface area (Å²) in [4.78, 5) is 10.7. The van der Waals surface area contributed by atoms with Gasteiger partial charge in [-0.3, -0.25) is 4.79 Å². The topological polar surface area (TPSA) is 22.0 Å². The molecule has 0 radical (unpaired) electrons. The van der Waals surface area contributed by atoms with E-state index in [-0.39, 0.29) is 0 Å². The number of nitrogens with zero attached hydrogens (tertiary/aromatic N) is 1. The van der Waals surface area contributed by atoms with Gasteiger partial charge in [0.25, 0.3) is 0 Å². The highest BCUT2D eigenvalue weighted by molar-refractivity contribution is 5.95. The van der Waals surface area contributed by atoms with Gasteiger partial charge in [0, 0.05) is 29.8 Å². The Kier molecular flexibility index (Phi) is 2.49. The Balaban J connectivity index is 2.23. The highest BCUT2D eigenvalue weighted by Gasteiger charge is 2.06. The van der Waals surface area contributed by atoms with Crippen molar-refractivity contribution < 1.29 is 4.79 Å². The maximum absolute atomic E-state index is 10.7. The Hall–Kier alpha value is -2.35. The summed E-state index contributed by atoms with van der Waals surface area (Å²) < 4.78 is 2.12. The molecule has 0 unspecified atom stereocenters. The van der Waals surface area contributed by atoms with Crippen molar-refractivity contribution in [2.45, 2.75) is 0 Å². The van der Waals surface area contributed by atoms with Crippen molar-refractivity contribution in [2.24, 2.45) is 7.05 Å². The SMILES string of the molecule is Cn1ccc2cccc(-c3ccc(C=O)cc3)c21. The van der Waals surface area contributed by atoms with Crippen LogP contribution < -0.4 is 0 Å². The van der Waals surface area contributed by atoms with E-state index in [9.17, 15) is 4.79 Å². The molecule has 18 heavy (non-hydrogen) atoms. The molecule has 0 fully saturated rings. The molecule has 1 aromatic heterocycles. The van der Waals surface area contributed by atoms with Gasteiger partial charge in [-0.25, -0.2) is 0 Å². The molecule has 2 nitrogen and oxygen atoms in total. The Bertz CT molecular complexity index is 708. The second kappa shape index (κ2) is 4.15. The molecule has 0 N–H and O–H groups in total. The van der Waals surface area contributed by atoms with E-state index in [1.54, 1.807) is 0 Å². The van der Waals surface area contributed by atoms with Crippen LogP contribution in [0, 0.1) is 0 Å². The van der Waals surface area contributed by atoms with Crippen molar-refractivity contribution in [3.63, 3.8) is 0 Å². The normalized spacial score (nSPS) is 10.7. The van der Waals surface area contributed by atoms with Crippen LogP contribution in [0.3, 0.4) is 0 Å². The molecule has 0 spiro atoms. The van der Waals surface area contributed by atoms with Crippen LogP contribution in [0.4, 0.5) is 0 Å². The molecule has 88 valence electrons. The van der Waals surface area contributed by atoms with Gasteiger partial charge in [0.2, 0.25) is 0 Å². The predicted molar refractivity (Wildman–Crippen MR) is 73.7 cm³/mol. The summed E-state index contributed by atoms with van der Waals surface area (Å²) in [5, 5.41) is 1.23. The van der Waals surface area contributed by atoms with Gasteiger partial charge in [-0.15, -0.1) is 0 Å². The van der Waals surface area contributed by atoms with Crippen molar-refractivity contribution in [1.82, 2.24) is 4.57 Å². The van der Waals surface area contributed by atoms with E-state index in [0.29, 0.717) is 5.56 Å². The summed E-state index contributed by atoms with van der Waals surface area (Å²) in [5.74, 6) is 0. The van der Waals surface area contributed by atoms with Gasteiger partial charge < -0.3 is 4.57 Å². The van der Waals surface area contributed by atoms with Gasteiger partial charge in [-0.2, -0.15) is 0 Å². The quantitative estimate of drug-likeness (QED) is 0.621. The van der Waals surface area contributed by atoms with Gasteiger partial charge in [0.05, 0.1) is 5.52 Å². The maximum Gasteiger partial charge on any atom is 0.150 e. The van der Waals surface area contributed by atoms with E-state index in [1.165, 1.54) is 16.5 Å². The molecule has 2 aromatic carbocycles. The summed E-state index contributed by atoms with van der Waals surface area (Å²) in [5.41, 5.74) is 4.25. The smallest absolute Gasteiger partial charge is 0.150 e. The van der Waals surface area contributed by atoms with Crippen molar-refractivity contribution in [1.29, 1.82) is 0 Å². The van der Waals surface area contributed by atoms with E-state index in [0.717, 1.165) is 11.8 Å². The van der Waals surface area contributed by atoms with Gasteiger partial charge >= 0.3 is 0 Å². The van der Waals surface area contributed by atoms with E-state index in [4.69, 9.17) is 0 Å². The molecule has 3 rings (SSSR count). The van der Waals surface area contributed by atoms with Crippen LogP contribution >= 0.6 is 0 Å². The molecule has 3 aromatic rings. The summed E-state index contributed by atoms with van der Waals surface area (Å²) in [7, 11) is 2.05. The lowest BCUT2D eigenvalue weighted by Gasteiger charge is -2.06. The summed E-state index contributed by atoms with van der Waals surface area (Å²) in [6, 6.07) is 16.1. The Labute approximate surface area is 105 Å². The third kappa shape index (κ3) is 1.63. The zero-order chi connectivity index (χ0) is 12.5. The second-order valence-electron chi connectivity index (χ2n) is 4.41. The fraction of sp³-hybridized carbons (Fsp3) is 0.0625. The average Bonchev–Trinajstić information content (AvgIpc) is 2.81. The molecule has 0 amide bonds. The molecular formula is C16H13NO. The Morgan fingerprint density at radius 2 is 1.78 bits per heavy atom. The number of carbonyl (C=O) groups excluding carboxylic acids is 1. The highest BCUT2D eigenvalue weighted by atomic mass is 16.1. The fourth-order valence-corrected chi connectivity index (χ4v) is 2.33. The first kappa shape index (κ1) is 10.8. The van der Waals surface area contributed by atoms with Crippen LogP contribution in [-0.4, -0.2) is 10.9 Å². The van der Waals surface area contributed by atoms with Crippen LogP contribution in [0.1, 0.15) is 10.4 Å². The first-order chi connectivity index (χ1) is 8.79. The number of benzene rings is 2. The molecule has 0 saturated heterocycles. The lowest BCUT2D eigenvalue weighted by Crippen LogP contribution is -1.88. The summed E-state index contributed by atoms with van der Waals surface area (Å²) >= 11 is 0. The van der Waals surface area contributed by atoms with Gasteiger partial charge in [-0.1, -0.05) is 42.5 Å². The molecule has 1 heterocycles. The van der Waals surface area contributed by atoms with Crippen LogP contribution in [0.2, 0.25) is 0 Å². The maximum atomic E-state index is 10.7. The van der Waals surface area contributed by atoms with Crippen molar-refractivity contribution in [3.8, 4) is 11.1 Å². The van der Waals surface area contributed by atoms with E-state index in [1.807, 2.05) is 31.3 Å². The minimum atomic E-state index is 0.706. The Morgan fingerprint density at radius 3 is 2.50 bits per heavy atom. The van der Waals surface area contributed by atoms with Crippen LogP contribution in [-0.2, 0) is 7.05 Å². The molecule has 0 aliphatic carbocycles. The zero-order valence-corrected chi connectivity index (χ0v) is 10.1. The number of aryl methyl sites for hydroxylation is 1. The number of para-hydroxylation sites is 1. The first-order valence-corrected chi connectivity index (χ1v) is 5.89. The lowest BCUT2D eigenvalue weighted by atomic mass is 10.0. The number of carbonyl (C=O) groups is 1. The predicted octanol–water partition coefficient (Wildman–Crippen LogP) is 3.66. The van der Waals surface area contributed by atoms with Crippen molar-refractivity contribution in [3.05, 3.63) is 60.3 Å². The van der Waals surface area contributed by atoms with Crippen molar-refractivity contribution >= 4 is 17.2 Å². The minimum Gasteiger partial charge on any atom is -0.350 e. The molecule has 0 atom stereocenters. The standard InChI is InChI=1S/C16H13NO/c1-17-10-9-14-3-2-4-15(16(14)17)13-7-5-12(11-18)6-8-13/h2-11H,1H3. The molecular weight excluding hydrogens is 222 g/mol. The third-order valence-electron chi connectivity index (χ3n) is 3.26. The van der Waals surface area contributed by atoms with Gasteiger partial charge in [-0.05, 0) is 11.6 Å². The van der Waals surface area contributed by atoms with Crippen LogP contribution in [0.15, 0.2) is 54.7 Å². The zero-order valence-electron chi connectivity index (χ0n) is 10.1. The average molecular weight is 235 g/mol. The number of fused-ring (bicyclic) bond motifs is 1. The lowest BCUT2D eigenvalue weighted by molar-refractivity contribution is 0.112. The number of aromatic nitrogens is 1. The summed E-state index contributed by atoms with van der Waals surface area (Å²) in [6.07, 6.45) is 2.93. The van der Waals surface area contributed by atoms with E-state index >= 15 is 0 Å². The van der Waals surface area contributed by atoms with Crippen molar-refractivity contribution in [2.75, 3.05) is 0 Å². The number of rotatable bonds is 2. The Morgan fingerprint density at radius 1 is 1.00 bits per heavy atom. The molecule has 0 aliphatic heterocycles. The monoisotopic (exact) mass is 235 g/mol. The van der Waals surface area contributed by atoms with Crippen LogP contribution in [0.25, 0.3) is 22.0 Å². The molecule has 0 aliphatic rings. The third-order valence-corrected chi connectivity index (χ3v) is 3.26. The number of aldehydes is 1. The van der Waals surface area contributed by atoms with E-state index in [2.05, 4.69) is 35.0 Å². The largest absolute Gasteiger partial charge is 0.350 e. The molecule has 2 heteroatoms. The molecule has 0 saturated carbocycles. The second-order valence-corrected chi connectivity index (χ2v) is 4.41. The number of hydrogen-bond donors (Lipinski definition) is 0. The van der Waals surface area contributed by atoms with Gasteiger partial charge in [0.1, 0.15) is 6.29 Å². The minimum absolute atomic E-state index is 0.706. The van der Waals surface area contributed by atoms with Gasteiger partial charge in [0.15, 0.2) is 0 Å². The molecule has 0 bridgehead atoms. The first-order valence-electron chi connectivity index (χ1n) is 5.89. The highest BCUT2D eigenvalue weighted by Crippen LogP contribution is 2.28. The number of hydrogen-bond acceptors (Lipinski definition) is 1. The van der Waals surface area contributed by atoms with Crippen LogP contribution in [0.5, 0.6) is 0 Å². The fourth-order valence-electron chi connectivity index (χ4n) is 2.33. The summed E-state index contributed by atoms with van der Waals surface area (Å²) in [6.45, 7) is 0. The van der Waals surface area contributed by atoms with E-state index < -0.39 is 0 Å².